The van der Waals surface area contributed by atoms with E-state index in [1.54, 1.807) is 10.7 Å². The van der Waals surface area contributed by atoms with E-state index in [0.29, 0.717) is 11.1 Å². The van der Waals surface area contributed by atoms with Crippen LogP contribution < -0.4 is 11.1 Å². The lowest BCUT2D eigenvalue weighted by Gasteiger charge is -2.01. The van der Waals surface area contributed by atoms with Gasteiger partial charge in [-0.2, -0.15) is 5.10 Å². The molecule has 0 unspecified atom stereocenters. The molecule has 0 radical (unpaired) electrons. The highest BCUT2D eigenvalue weighted by molar-refractivity contribution is 5.79. The van der Waals surface area contributed by atoms with Crippen molar-refractivity contribution >= 4 is 11.1 Å². The lowest BCUT2D eigenvalue weighted by atomic mass is 10.1. The second kappa shape index (κ2) is 4.40. The Kier molecular flexibility index (Phi) is 2.72. The van der Waals surface area contributed by atoms with Crippen LogP contribution in [0.3, 0.4) is 0 Å². The molecule has 0 aliphatic heterocycles. The Labute approximate surface area is 109 Å². The molecule has 0 saturated carbocycles. The smallest absolute Gasteiger partial charge is 0.408 e. The van der Waals surface area contributed by atoms with Crippen molar-refractivity contribution in [1.82, 2.24) is 20.1 Å². The van der Waals surface area contributed by atoms with Crippen LogP contribution in [0.1, 0.15) is 5.56 Å². The van der Waals surface area contributed by atoms with E-state index in [1.165, 1.54) is 0 Å². The van der Waals surface area contributed by atoms with Crippen molar-refractivity contribution in [3.63, 3.8) is 0 Å². The van der Waals surface area contributed by atoms with E-state index in [1.807, 2.05) is 32.4 Å². The fraction of sp³-hybridized carbons (Fsp3) is 0.231. The molecule has 2 heterocycles. The first kappa shape index (κ1) is 11.7. The number of aromatic amines is 1. The predicted molar refractivity (Wildman–Crippen MR) is 71.8 cm³/mol. The number of hydrogen-bond acceptors (Lipinski definition) is 4. The van der Waals surface area contributed by atoms with E-state index in [2.05, 4.69) is 15.4 Å². The summed E-state index contributed by atoms with van der Waals surface area (Å²) < 4.78 is 6.77. The minimum absolute atomic E-state index is 0.441. The molecular weight excluding hydrogens is 244 g/mol. The highest BCUT2D eigenvalue weighted by Crippen LogP contribution is 2.24. The van der Waals surface area contributed by atoms with Gasteiger partial charge in [0.2, 0.25) is 0 Å². The van der Waals surface area contributed by atoms with Gasteiger partial charge >= 0.3 is 5.76 Å². The minimum atomic E-state index is -0.441. The standard InChI is InChI=1S/C13H14N4O2/c1-14-6-9-7-17(2)16-12(9)8-3-4-11-10(5-8)15-13(18)19-11/h3-5,7,14H,6H2,1-2H3,(H,15,18). The maximum absolute atomic E-state index is 11.2. The summed E-state index contributed by atoms with van der Waals surface area (Å²) >= 11 is 0. The van der Waals surface area contributed by atoms with Crippen LogP contribution in [0.2, 0.25) is 0 Å². The Morgan fingerprint density at radius 2 is 2.32 bits per heavy atom. The number of rotatable bonds is 3. The minimum Gasteiger partial charge on any atom is -0.408 e. The first-order valence-corrected chi connectivity index (χ1v) is 5.98. The van der Waals surface area contributed by atoms with Crippen LogP contribution in [0.5, 0.6) is 0 Å². The van der Waals surface area contributed by atoms with Gasteiger partial charge in [0.05, 0.1) is 11.2 Å². The molecule has 1 aromatic carbocycles. The molecule has 0 aliphatic carbocycles. The lowest BCUT2D eigenvalue weighted by molar-refractivity contribution is 0.555. The van der Waals surface area contributed by atoms with Crippen molar-refractivity contribution in [3.8, 4) is 11.3 Å². The van der Waals surface area contributed by atoms with Gasteiger partial charge in [-0.1, -0.05) is 0 Å². The summed E-state index contributed by atoms with van der Waals surface area (Å²) in [6, 6.07) is 5.56. The van der Waals surface area contributed by atoms with Gasteiger partial charge in [-0.15, -0.1) is 0 Å². The molecule has 19 heavy (non-hydrogen) atoms. The summed E-state index contributed by atoms with van der Waals surface area (Å²) in [6.45, 7) is 0.739. The van der Waals surface area contributed by atoms with E-state index in [4.69, 9.17) is 4.42 Å². The topological polar surface area (TPSA) is 75.8 Å². The van der Waals surface area contributed by atoms with Crippen molar-refractivity contribution in [2.45, 2.75) is 6.54 Å². The molecule has 3 aromatic rings. The second-order valence-corrected chi connectivity index (χ2v) is 4.43. The van der Waals surface area contributed by atoms with E-state index in [-0.39, 0.29) is 0 Å². The van der Waals surface area contributed by atoms with Crippen molar-refractivity contribution in [2.24, 2.45) is 7.05 Å². The molecule has 2 aromatic heterocycles. The van der Waals surface area contributed by atoms with Crippen molar-refractivity contribution in [2.75, 3.05) is 7.05 Å². The van der Waals surface area contributed by atoms with E-state index >= 15 is 0 Å². The summed E-state index contributed by atoms with van der Waals surface area (Å²) in [5.74, 6) is -0.441. The normalized spacial score (nSPS) is 11.3. The van der Waals surface area contributed by atoms with Crippen LogP contribution in [0, 0.1) is 0 Å². The van der Waals surface area contributed by atoms with Gasteiger partial charge in [-0.05, 0) is 25.2 Å². The van der Waals surface area contributed by atoms with Crippen molar-refractivity contribution in [1.29, 1.82) is 0 Å². The van der Waals surface area contributed by atoms with Gasteiger partial charge in [0, 0.05) is 30.9 Å². The average Bonchev–Trinajstić information content (AvgIpc) is 2.90. The van der Waals surface area contributed by atoms with E-state index in [0.717, 1.165) is 23.4 Å². The number of nitrogens with zero attached hydrogens (tertiary/aromatic N) is 2. The summed E-state index contributed by atoms with van der Waals surface area (Å²) in [6.07, 6.45) is 1.98. The summed E-state index contributed by atoms with van der Waals surface area (Å²) in [5.41, 5.74) is 4.20. The highest BCUT2D eigenvalue weighted by atomic mass is 16.4. The average molecular weight is 258 g/mol. The molecule has 2 N–H and O–H groups in total. The fourth-order valence-corrected chi connectivity index (χ4v) is 2.20. The van der Waals surface area contributed by atoms with Crippen LogP contribution in [0.4, 0.5) is 0 Å². The number of nitrogens with one attached hydrogen (secondary N) is 2. The Morgan fingerprint density at radius 3 is 3.11 bits per heavy atom. The molecule has 0 bridgehead atoms. The zero-order valence-corrected chi connectivity index (χ0v) is 10.7. The molecule has 0 spiro atoms. The number of benzene rings is 1. The van der Waals surface area contributed by atoms with Crippen molar-refractivity contribution in [3.05, 3.63) is 40.5 Å². The SMILES string of the molecule is CNCc1cn(C)nc1-c1ccc2oc(=O)[nH]c2c1. The third-order valence-electron chi connectivity index (χ3n) is 2.96. The Bertz CT molecular complexity index is 781. The van der Waals surface area contributed by atoms with Gasteiger partial charge in [-0.25, -0.2) is 4.79 Å². The third-order valence-corrected chi connectivity index (χ3v) is 2.96. The van der Waals surface area contributed by atoms with E-state index in [9.17, 15) is 4.79 Å². The Hall–Kier alpha value is -2.34. The second-order valence-electron chi connectivity index (χ2n) is 4.43. The Balaban J connectivity index is 2.15. The largest absolute Gasteiger partial charge is 0.417 e. The molecule has 0 atom stereocenters. The molecule has 0 saturated heterocycles. The van der Waals surface area contributed by atoms with Crippen LogP contribution in [-0.4, -0.2) is 21.8 Å². The molecule has 98 valence electrons. The first-order chi connectivity index (χ1) is 9.17. The van der Waals surface area contributed by atoms with Gasteiger partial charge in [0.1, 0.15) is 0 Å². The lowest BCUT2D eigenvalue weighted by Crippen LogP contribution is -2.05. The molecule has 0 amide bonds. The predicted octanol–water partition coefficient (Wildman–Crippen LogP) is 1.24. The zero-order valence-electron chi connectivity index (χ0n) is 10.7. The van der Waals surface area contributed by atoms with Gasteiger partial charge in [0.25, 0.3) is 0 Å². The van der Waals surface area contributed by atoms with Crippen LogP contribution in [0.25, 0.3) is 22.4 Å². The molecule has 3 rings (SSSR count). The molecule has 6 nitrogen and oxygen atoms in total. The van der Waals surface area contributed by atoms with Gasteiger partial charge in [-0.3, -0.25) is 9.67 Å². The van der Waals surface area contributed by atoms with Crippen LogP contribution >= 0.6 is 0 Å². The molecule has 6 heteroatoms. The summed E-state index contributed by atoms with van der Waals surface area (Å²) in [5, 5.41) is 7.59. The summed E-state index contributed by atoms with van der Waals surface area (Å²) in [7, 11) is 3.79. The number of fused-ring (bicyclic) bond motifs is 1. The van der Waals surface area contributed by atoms with Crippen molar-refractivity contribution < 1.29 is 4.42 Å². The zero-order chi connectivity index (χ0) is 13.4. The monoisotopic (exact) mass is 258 g/mol. The van der Waals surface area contributed by atoms with Gasteiger partial charge in [0.15, 0.2) is 5.58 Å². The summed E-state index contributed by atoms with van der Waals surface area (Å²) in [4.78, 5) is 13.8. The number of H-pyrrole nitrogens is 1. The first-order valence-electron chi connectivity index (χ1n) is 5.98. The maximum atomic E-state index is 11.2. The van der Waals surface area contributed by atoms with E-state index < -0.39 is 5.76 Å². The molecular formula is C13H14N4O2. The fourth-order valence-electron chi connectivity index (χ4n) is 2.20. The third kappa shape index (κ3) is 2.06. The number of aryl methyl sites for hydroxylation is 1. The van der Waals surface area contributed by atoms with Crippen LogP contribution in [0.15, 0.2) is 33.6 Å². The highest BCUT2D eigenvalue weighted by Gasteiger charge is 2.11. The number of aromatic nitrogens is 3. The van der Waals surface area contributed by atoms with Crippen LogP contribution in [-0.2, 0) is 13.6 Å². The quantitative estimate of drug-likeness (QED) is 0.741. The number of hydrogen-bond donors (Lipinski definition) is 2. The van der Waals surface area contributed by atoms with Gasteiger partial charge < -0.3 is 9.73 Å². The molecule has 0 aliphatic rings. The Morgan fingerprint density at radius 1 is 1.47 bits per heavy atom. The molecule has 0 fully saturated rings. The maximum Gasteiger partial charge on any atom is 0.417 e. The number of oxazole rings is 1.